The van der Waals surface area contributed by atoms with Gasteiger partial charge in [-0.3, -0.25) is 14.4 Å². The summed E-state index contributed by atoms with van der Waals surface area (Å²) in [6, 6.07) is 0. The van der Waals surface area contributed by atoms with Crippen molar-refractivity contribution in [1.82, 2.24) is 0 Å². The van der Waals surface area contributed by atoms with Gasteiger partial charge in [-0.25, -0.2) is 0 Å². The number of hydrogen-bond donors (Lipinski definition) is 0. The highest BCUT2D eigenvalue weighted by Crippen LogP contribution is 2.17. The molecule has 0 bridgehead atoms. The lowest BCUT2D eigenvalue weighted by Gasteiger charge is -2.18. The zero-order valence-corrected chi connectivity index (χ0v) is 54.1. The maximum absolute atomic E-state index is 12.9. The highest BCUT2D eigenvalue weighted by atomic mass is 16.6. The molecule has 0 aliphatic rings. The summed E-state index contributed by atoms with van der Waals surface area (Å²) < 4.78 is 17.0. The van der Waals surface area contributed by atoms with E-state index in [1.54, 1.807) is 0 Å². The van der Waals surface area contributed by atoms with E-state index in [4.69, 9.17) is 14.2 Å². The Bertz CT molecular complexity index is 1490. The zero-order chi connectivity index (χ0) is 58.5. The van der Waals surface area contributed by atoms with E-state index >= 15 is 0 Å². The van der Waals surface area contributed by atoms with Crippen molar-refractivity contribution < 1.29 is 28.6 Å². The highest BCUT2D eigenvalue weighted by Gasteiger charge is 2.19. The van der Waals surface area contributed by atoms with Gasteiger partial charge in [0.15, 0.2) is 6.10 Å². The van der Waals surface area contributed by atoms with Crippen LogP contribution in [0.4, 0.5) is 0 Å². The van der Waals surface area contributed by atoms with Crippen LogP contribution in [0, 0.1) is 0 Å². The molecule has 0 spiro atoms. The van der Waals surface area contributed by atoms with E-state index in [2.05, 4.69) is 93.7 Å². The van der Waals surface area contributed by atoms with Crippen LogP contribution in [0.25, 0.3) is 0 Å². The van der Waals surface area contributed by atoms with Gasteiger partial charge in [0.2, 0.25) is 0 Å². The molecule has 0 aromatic rings. The first-order valence-corrected chi connectivity index (χ1v) is 35.4. The second kappa shape index (κ2) is 69.3. The Labute approximate surface area is 503 Å². The van der Waals surface area contributed by atoms with Crippen molar-refractivity contribution in [1.29, 1.82) is 0 Å². The van der Waals surface area contributed by atoms with Crippen molar-refractivity contribution in [2.75, 3.05) is 13.2 Å². The van der Waals surface area contributed by atoms with E-state index in [-0.39, 0.29) is 31.1 Å². The number of allylic oxidation sites excluding steroid dienone is 12. The number of unbranched alkanes of at least 4 members (excludes halogenated alkanes) is 42. The lowest BCUT2D eigenvalue weighted by atomic mass is 10.0. The van der Waals surface area contributed by atoms with E-state index in [0.717, 1.165) is 109 Å². The summed E-state index contributed by atoms with van der Waals surface area (Å²) >= 11 is 0. The number of ether oxygens (including phenoxy) is 3. The molecule has 0 aliphatic carbocycles. The Kier molecular flexibility index (Phi) is 66.6. The molecule has 0 radical (unpaired) electrons. The van der Waals surface area contributed by atoms with Crippen LogP contribution in [-0.4, -0.2) is 37.2 Å². The molecule has 0 fully saturated rings. The van der Waals surface area contributed by atoms with Crippen LogP contribution in [-0.2, 0) is 28.6 Å². The fraction of sp³-hybridized carbons (Fsp3) is 0.800. The Morgan fingerprint density at radius 1 is 0.247 bits per heavy atom. The summed E-state index contributed by atoms with van der Waals surface area (Å²) in [4.78, 5) is 38.4. The van der Waals surface area contributed by atoms with Gasteiger partial charge in [0, 0.05) is 19.3 Å². The maximum Gasteiger partial charge on any atom is 0.306 e. The molecule has 0 aliphatic heterocycles. The van der Waals surface area contributed by atoms with Gasteiger partial charge in [-0.1, -0.05) is 312 Å². The Hall–Kier alpha value is -3.15. The average molecular weight is 1130 g/mol. The van der Waals surface area contributed by atoms with Gasteiger partial charge < -0.3 is 14.2 Å². The first-order chi connectivity index (χ1) is 40.0. The lowest BCUT2D eigenvalue weighted by molar-refractivity contribution is -0.167. The second-order valence-corrected chi connectivity index (χ2v) is 23.8. The quantitative estimate of drug-likeness (QED) is 0.0261. The molecule has 0 aromatic carbocycles. The van der Waals surface area contributed by atoms with Crippen LogP contribution >= 0.6 is 0 Å². The fourth-order valence-corrected chi connectivity index (χ4v) is 10.3. The largest absolute Gasteiger partial charge is 0.462 e. The number of carbonyl (C=O) groups excluding carboxylic acids is 3. The number of hydrogen-bond acceptors (Lipinski definition) is 6. The topological polar surface area (TPSA) is 78.9 Å². The maximum atomic E-state index is 12.9. The zero-order valence-electron chi connectivity index (χ0n) is 54.1. The standard InChI is InChI=1S/C75H134O6/c1-4-7-10-13-16-19-22-25-27-29-31-33-34-35-36-37-38-39-40-42-43-45-47-50-53-56-59-62-65-68-74(77)80-71-72(70-79-73(76)67-64-61-58-55-52-49-24-21-18-15-12-9-6-3)81-75(78)69-66-63-60-57-54-51-48-46-44-41-32-30-28-26-23-20-17-14-11-8-5-2/h12,15,21,23-24,26,29-32,44,46,72H,4-11,13-14,16-20,22,25,27-28,33-43,45,47-71H2,1-3H3/b15-12-,24-21-,26-23-,31-29-,32-30-,46-44-. The van der Waals surface area contributed by atoms with Crippen LogP contribution < -0.4 is 0 Å². The molecule has 470 valence electrons. The summed E-state index contributed by atoms with van der Waals surface area (Å²) in [5, 5.41) is 0. The highest BCUT2D eigenvalue weighted by molar-refractivity contribution is 5.71. The summed E-state index contributed by atoms with van der Waals surface area (Å²) in [5.74, 6) is -0.892. The van der Waals surface area contributed by atoms with Gasteiger partial charge in [-0.05, 0) is 109 Å². The minimum absolute atomic E-state index is 0.0829. The first-order valence-electron chi connectivity index (χ1n) is 35.4. The molecule has 0 amide bonds. The molecule has 0 N–H and O–H groups in total. The average Bonchev–Trinajstić information content (AvgIpc) is 3.46. The molecule has 0 heterocycles. The van der Waals surface area contributed by atoms with E-state index in [9.17, 15) is 14.4 Å². The lowest BCUT2D eigenvalue weighted by Crippen LogP contribution is -2.30. The second-order valence-electron chi connectivity index (χ2n) is 23.8. The molecule has 0 saturated heterocycles. The van der Waals surface area contributed by atoms with Gasteiger partial charge >= 0.3 is 17.9 Å². The van der Waals surface area contributed by atoms with E-state index < -0.39 is 6.10 Å². The Morgan fingerprint density at radius 3 is 0.753 bits per heavy atom. The molecule has 1 atom stereocenters. The number of carbonyl (C=O) groups is 3. The molecular formula is C75H134O6. The third-order valence-corrected chi connectivity index (χ3v) is 15.6. The predicted molar refractivity (Wildman–Crippen MR) is 353 cm³/mol. The predicted octanol–water partition coefficient (Wildman–Crippen LogP) is 24.4. The van der Waals surface area contributed by atoms with Crippen molar-refractivity contribution in [2.24, 2.45) is 0 Å². The van der Waals surface area contributed by atoms with Gasteiger partial charge in [-0.2, -0.15) is 0 Å². The van der Waals surface area contributed by atoms with E-state index in [0.29, 0.717) is 19.3 Å². The van der Waals surface area contributed by atoms with Crippen LogP contribution in [0.2, 0.25) is 0 Å². The smallest absolute Gasteiger partial charge is 0.306 e. The molecule has 81 heavy (non-hydrogen) atoms. The minimum atomic E-state index is -0.789. The molecule has 0 rings (SSSR count). The summed E-state index contributed by atoms with van der Waals surface area (Å²) in [6.07, 6.45) is 90.8. The summed E-state index contributed by atoms with van der Waals surface area (Å²) in [5.41, 5.74) is 0. The van der Waals surface area contributed by atoms with Gasteiger partial charge in [0.05, 0.1) is 0 Å². The third kappa shape index (κ3) is 67.5. The normalized spacial score (nSPS) is 12.5. The van der Waals surface area contributed by atoms with E-state index in [1.807, 2.05) is 0 Å². The van der Waals surface area contributed by atoms with Crippen molar-refractivity contribution in [3.8, 4) is 0 Å². The SMILES string of the molecule is CCC/C=C\C/C=C\CCCCCCCC(=O)OCC(COC(=O)CCCCCCCCCCCCCCCCCCC/C=C\CCCCCCCCCC)OC(=O)CCCCCCCC/C=C\C/C=C\C/C=C\CCCCCCC. The summed E-state index contributed by atoms with van der Waals surface area (Å²) in [7, 11) is 0. The molecular weight excluding hydrogens is 997 g/mol. The number of rotatable bonds is 65. The van der Waals surface area contributed by atoms with Crippen LogP contribution in [0.1, 0.15) is 367 Å². The van der Waals surface area contributed by atoms with Crippen LogP contribution in [0.5, 0.6) is 0 Å². The molecule has 0 aromatic heterocycles. The Morgan fingerprint density at radius 2 is 0.469 bits per heavy atom. The van der Waals surface area contributed by atoms with Gasteiger partial charge in [-0.15, -0.1) is 0 Å². The molecule has 6 heteroatoms. The molecule has 6 nitrogen and oxygen atoms in total. The van der Waals surface area contributed by atoms with Crippen LogP contribution in [0.3, 0.4) is 0 Å². The number of esters is 3. The van der Waals surface area contributed by atoms with Crippen LogP contribution in [0.15, 0.2) is 72.9 Å². The van der Waals surface area contributed by atoms with Gasteiger partial charge in [0.25, 0.3) is 0 Å². The Balaban J connectivity index is 4.24. The third-order valence-electron chi connectivity index (χ3n) is 15.6. The fourth-order valence-electron chi connectivity index (χ4n) is 10.3. The van der Waals surface area contributed by atoms with Gasteiger partial charge in [0.1, 0.15) is 13.2 Å². The monoisotopic (exact) mass is 1130 g/mol. The summed E-state index contributed by atoms with van der Waals surface area (Å²) in [6.45, 7) is 6.59. The minimum Gasteiger partial charge on any atom is -0.462 e. The van der Waals surface area contributed by atoms with Crippen molar-refractivity contribution in [2.45, 2.75) is 374 Å². The first kappa shape index (κ1) is 77.9. The van der Waals surface area contributed by atoms with Crippen molar-refractivity contribution >= 4 is 17.9 Å². The van der Waals surface area contributed by atoms with E-state index in [1.165, 1.54) is 218 Å². The van der Waals surface area contributed by atoms with Crippen molar-refractivity contribution in [3.63, 3.8) is 0 Å². The van der Waals surface area contributed by atoms with Crippen molar-refractivity contribution in [3.05, 3.63) is 72.9 Å². The molecule has 1 unspecified atom stereocenters. The molecule has 0 saturated carbocycles.